The third-order valence-electron chi connectivity index (χ3n) is 1.50. The first-order valence-electron chi connectivity index (χ1n) is 4.22. The molecule has 0 saturated carbocycles. The maximum Gasteiger partial charge on any atom is 0.322 e. The van der Waals surface area contributed by atoms with Crippen molar-refractivity contribution in [2.24, 2.45) is 5.73 Å². The fourth-order valence-electron chi connectivity index (χ4n) is 0.840. The van der Waals surface area contributed by atoms with Crippen LogP contribution in [0.25, 0.3) is 0 Å². The van der Waals surface area contributed by atoms with Crippen LogP contribution in [0.3, 0.4) is 0 Å². The molecule has 0 amide bonds. The summed E-state index contributed by atoms with van der Waals surface area (Å²) in [6.45, 7) is 1.99. The molecule has 0 aliphatic rings. The van der Waals surface area contributed by atoms with Crippen molar-refractivity contribution in [3.05, 3.63) is 0 Å². The van der Waals surface area contributed by atoms with Crippen molar-refractivity contribution in [1.82, 2.24) is 0 Å². The Morgan fingerprint density at radius 2 is 2.15 bits per heavy atom. The van der Waals surface area contributed by atoms with E-state index in [2.05, 4.69) is 4.74 Å². The van der Waals surface area contributed by atoms with Gasteiger partial charge in [0.1, 0.15) is 6.04 Å². The number of nitrogens with two attached hydrogens (primary N) is 1. The Bertz CT molecular complexity index is 181. The van der Waals surface area contributed by atoms with Gasteiger partial charge in [-0.2, -0.15) is 0 Å². The van der Waals surface area contributed by atoms with Crippen molar-refractivity contribution in [2.45, 2.75) is 32.2 Å². The van der Waals surface area contributed by atoms with Crippen LogP contribution in [-0.2, 0) is 14.3 Å². The van der Waals surface area contributed by atoms with E-state index in [0.29, 0.717) is 19.4 Å². The zero-order chi connectivity index (χ0) is 10.3. The number of hydrogen-bond acceptors (Lipinski definition) is 4. The second-order valence-electron chi connectivity index (χ2n) is 2.64. The Hall–Kier alpha value is -1.10. The van der Waals surface area contributed by atoms with E-state index in [9.17, 15) is 9.59 Å². The molecule has 0 fully saturated rings. The summed E-state index contributed by atoms with van der Waals surface area (Å²) in [5.74, 6) is -1.34. The molecule has 0 aromatic heterocycles. The number of rotatable bonds is 6. The summed E-state index contributed by atoms with van der Waals surface area (Å²) in [4.78, 5) is 21.0. The molecule has 1 unspecified atom stereocenters. The van der Waals surface area contributed by atoms with E-state index in [0.717, 1.165) is 0 Å². The van der Waals surface area contributed by atoms with E-state index in [1.807, 2.05) is 0 Å². The van der Waals surface area contributed by atoms with Gasteiger partial charge in [0.05, 0.1) is 6.61 Å². The molecule has 13 heavy (non-hydrogen) atoms. The van der Waals surface area contributed by atoms with Crippen LogP contribution in [0, 0.1) is 0 Å². The summed E-state index contributed by atoms with van der Waals surface area (Å²) in [6.07, 6.45) is 0.785. The summed E-state index contributed by atoms with van der Waals surface area (Å²) in [5, 5.41) is 8.31. The molecule has 76 valence electrons. The van der Waals surface area contributed by atoms with Gasteiger partial charge >= 0.3 is 11.9 Å². The first-order valence-corrected chi connectivity index (χ1v) is 4.22. The number of esters is 1. The lowest BCUT2D eigenvalue weighted by Gasteiger charge is -2.08. The molecule has 0 saturated heterocycles. The van der Waals surface area contributed by atoms with Crippen LogP contribution >= 0.6 is 0 Å². The van der Waals surface area contributed by atoms with Gasteiger partial charge in [0.15, 0.2) is 0 Å². The van der Waals surface area contributed by atoms with E-state index in [1.54, 1.807) is 6.92 Å². The average molecular weight is 189 g/mol. The Kier molecular flexibility index (Phi) is 5.88. The zero-order valence-electron chi connectivity index (χ0n) is 7.66. The van der Waals surface area contributed by atoms with Crippen molar-refractivity contribution in [1.29, 1.82) is 0 Å². The summed E-state index contributed by atoms with van der Waals surface area (Å²) in [6, 6.07) is -0.695. The smallest absolute Gasteiger partial charge is 0.322 e. The number of ether oxygens (including phenoxy) is 1. The summed E-state index contributed by atoms with van der Waals surface area (Å²) < 4.78 is 4.65. The Morgan fingerprint density at radius 3 is 2.62 bits per heavy atom. The van der Waals surface area contributed by atoms with Crippen molar-refractivity contribution < 1.29 is 19.4 Å². The standard InChI is InChI=1S/C8H15NO4/c1-2-13-8(12)6(9)4-3-5-7(10)11/h6H,2-5,9H2,1H3,(H,10,11). The quantitative estimate of drug-likeness (QED) is 0.580. The van der Waals surface area contributed by atoms with Crippen LogP contribution in [0.1, 0.15) is 26.2 Å². The molecule has 0 spiro atoms. The number of carboxylic acid groups (broad SMARTS) is 1. The fourth-order valence-corrected chi connectivity index (χ4v) is 0.840. The molecule has 5 nitrogen and oxygen atoms in total. The van der Waals surface area contributed by atoms with Crippen molar-refractivity contribution >= 4 is 11.9 Å². The summed E-state index contributed by atoms with van der Waals surface area (Å²) in [7, 11) is 0. The summed E-state index contributed by atoms with van der Waals surface area (Å²) >= 11 is 0. The predicted octanol–water partition coefficient (Wildman–Crippen LogP) is 0.132. The molecule has 0 heterocycles. The maximum absolute atomic E-state index is 10.9. The van der Waals surface area contributed by atoms with E-state index in [1.165, 1.54) is 0 Å². The van der Waals surface area contributed by atoms with Crippen LogP contribution in [0.2, 0.25) is 0 Å². The minimum absolute atomic E-state index is 0.0348. The van der Waals surface area contributed by atoms with E-state index < -0.39 is 18.0 Å². The minimum atomic E-state index is -0.879. The second-order valence-corrected chi connectivity index (χ2v) is 2.64. The molecular formula is C8H15NO4. The Morgan fingerprint density at radius 1 is 1.54 bits per heavy atom. The molecule has 0 aromatic rings. The number of aliphatic carboxylic acids is 1. The molecular weight excluding hydrogens is 174 g/mol. The van der Waals surface area contributed by atoms with Crippen LogP contribution in [-0.4, -0.2) is 29.7 Å². The van der Waals surface area contributed by atoms with E-state index >= 15 is 0 Å². The molecule has 5 heteroatoms. The van der Waals surface area contributed by atoms with E-state index in [4.69, 9.17) is 10.8 Å². The van der Waals surface area contributed by atoms with Crippen LogP contribution in [0.5, 0.6) is 0 Å². The fraction of sp³-hybridized carbons (Fsp3) is 0.750. The molecule has 0 bridgehead atoms. The molecule has 0 rings (SSSR count). The normalized spacial score (nSPS) is 12.2. The first kappa shape index (κ1) is 11.9. The third kappa shape index (κ3) is 6.10. The van der Waals surface area contributed by atoms with E-state index in [-0.39, 0.29) is 6.42 Å². The largest absolute Gasteiger partial charge is 0.481 e. The topological polar surface area (TPSA) is 89.6 Å². The van der Waals surface area contributed by atoms with Crippen LogP contribution in [0.15, 0.2) is 0 Å². The van der Waals surface area contributed by atoms with Gasteiger partial charge in [-0.3, -0.25) is 9.59 Å². The van der Waals surface area contributed by atoms with Crippen LogP contribution in [0.4, 0.5) is 0 Å². The highest BCUT2D eigenvalue weighted by molar-refractivity contribution is 5.75. The van der Waals surface area contributed by atoms with Gasteiger partial charge in [-0.25, -0.2) is 0 Å². The highest BCUT2D eigenvalue weighted by Crippen LogP contribution is 2.00. The highest BCUT2D eigenvalue weighted by atomic mass is 16.5. The molecule has 1 atom stereocenters. The molecule has 0 radical (unpaired) electrons. The number of carbonyl (C=O) groups is 2. The SMILES string of the molecule is CCOC(=O)C(N)CCCC(=O)O. The maximum atomic E-state index is 10.9. The summed E-state index contributed by atoms with van der Waals surface area (Å²) in [5.41, 5.74) is 5.42. The lowest BCUT2D eigenvalue weighted by atomic mass is 10.1. The molecule has 0 aromatic carbocycles. The van der Waals surface area contributed by atoms with Gasteiger partial charge in [-0.1, -0.05) is 0 Å². The average Bonchev–Trinajstić information content (AvgIpc) is 2.04. The van der Waals surface area contributed by atoms with Gasteiger partial charge in [0, 0.05) is 6.42 Å². The number of hydrogen-bond donors (Lipinski definition) is 2. The molecule has 0 aliphatic heterocycles. The zero-order valence-corrected chi connectivity index (χ0v) is 7.66. The van der Waals surface area contributed by atoms with Gasteiger partial charge in [0.25, 0.3) is 0 Å². The van der Waals surface area contributed by atoms with Gasteiger partial charge in [-0.05, 0) is 19.8 Å². The second kappa shape index (κ2) is 6.42. The van der Waals surface area contributed by atoms with Crippen molar-refractivity contribution in [3.63, 3.8) is 0 Å². The number of carbonyl (C=O) groups excluding carboxylic acids is 1. The van der Waals surface area contributed by atoms with Gasteiger partial charge in [-0.15, -0.1) is 0 Å². The highest BCUT2D eigenvalue weighted by Gasteiger charge is 2.14. The Balaban J connectivity index is 3.55. The minimum Gasteiger partial charge on any atom is -0.481 e. The first-order chi connectivity index (χ1) is 6.07. The lowest BCUT2D eigenvalue weighted by Crippen LogP contribution is -2.32. The van der Waals surface area contributed by atoms with Crippen molar-refractivity contribution in [2.75, 3.05) is 6.61 Å². The monoisotopic (exact) mass is 189 g/mol. The molecule has 3 N–H and O–H groups in total. The predicted molar refractivity (Wildman–Crippen MR) is 46.1 cm³/mol. The number of carboxylic acids is 1. The van der Waals surface area contributed by atoms with Gasteiger partial charge < -0.3 is 15.6 Å². The Labute approximate surface area is 76.9 Å². The molecule has 0 aliphatic carbocycles. The van der Waals surface area contributed by atoms with Gasteiger partial charge in [0.2, 0.25) is 0 Å². The van der Waals surface area contributed by atoms with Crippen LogP contribution < -0.4 is 5.73 Å². The lowest BCUT2D eigenvalue weighted by molar-refractivity contribution is -0.145. The third-order valence-corrected chi connectivity index (χ3v) is 1.50. The van der Waals surface area contributed by atoms with Crippen molar-refractivity contribution in [3.8, 4) is 0 Å².